The third-order valence-corrected chi connectivity index (χ3v) is 6.48. The summed E-state index contributed by atoms with van der Waals surface area (Å²) in [5.74, 6) is 0.368. The molecular weight excluding hydrogens is 296 g/mol. The van der Waals surface area contributed by atoms with Crippen molar-refractivity contribution in [1.29, 1.82) is 0 Å². The van der Waals surface area contributed by atoms with Crippen LogP contribution in [0.5, 0.6) is 0 Å². The molecule has 1 aliphatic rings. The van der Waals surface area contributed by atoms with E-state index in [0.717, 1.165) is 5.56 Å². The second-order valence-corrected chi connectivity index (χ2v) is 8.23. The largest absolute Gasteiger partial charge is 0.329 e. The predicted molar refractivity (Wildman–Crippen MR) is 82.7 cm³/mol. The minimum absolute atomic E-state index is 0.0871. The quantitative estimate of drug-likeness (QED) is 0.920. The Bertz CT molecular complexity index is 573. The number of likely N-dealkylation sites (N-methyl/N-ethyl adjacent to an activating group) is 1. The summed E-state index contributed by atoms with van der Waals surface area (Å²) in [5.41, 5.74) is 6.55. The molecule has 112 valence electrons. The van der Waals surface area contributed by atoms with Crippen molar-refractivity contribution >= 4 is 21.4 Å². The maximum atomic E-state index is 11.8. The zero-order valence-corrected chi connectivity index (χ0v) is 13.4. The summed E-state index contributed by atoms with van der Waals surface area (Å²) in [7, 11) is -1.02. The van der Waals surface area contributed by atoms with Crippen molar-refractivity contribution in [3.63, 3.8) is 0 Å². The van der Waals surface area contributed by atoms with Crippen LogP contribution in [-0.4, -0.2) is 44.0 Å². The van der Waals surface area contributed by atoms with Crippen LogP contribution in [0.4, 0.5) is 0 Å². The maximum Gasteiger partial charge on any atom is 0.152 e. The standard InChI is InChI=1S/C14H21ClN2O2S/c1-11(12-3-5-13(15)6-4-12)17(2)14(9-16)7-8-20(18,19)10-14/h3-6,11H,7-10,16H2,1-2H3. The summed E-state index contributed by atoms with van der Waals surface area (Å²) >= 11 is 5.90. The Morgan fingerprint density at radius 3 is 2.45 bits per heavy atom. The molecule has 0 saturated carbocycles. The van der Waals surface area contributed by atoms with Crippen molar-refractivity contribution in [3.05, 3.63) is 34.9 Å². The Morgan fingerprint density at radius 1 is 1.40 bits per heavy atom. The molecule has 1 aromatic rings. The molecule has 2 rings (SSSR count). The molecule has 0 radical (unpaired) electrons. The summed E-state index contributed by atoms with van der Waals surface area (Å²) in [6, 6.07) is 7.72. The lowest BCUT2D eigenvalue weighted by molar-refractivity contribution is 0.106. The van der Waals surface area contributed by atoms with Gasteiger partial charge < -0.3 is 5.73 Å². The van der Waals surface area contributed by atoms with Crippen molar-refractivity contribution < 1.29 is 8.42 Å². The lowest BCUT2D eigenvalue weighted by Crippen LogP contribution is -2.53. The topological polar surface area (TPSA) is 63.4 Å². The van der Waals surface area contributed by atoms with Gasteiger partial charge in [0.15, 0.2) is 9.84 Å². The molecule has 0 aliphatic carbocycles. The third-order valence-electron chi connectivity index (χ3n) is 4.43. The van der Waals surface area contributed by atoms with Gasteiger partial charge in [0.2, 0.25) is 0 Å². The fraction of sp³-hybridized carbons (Fsp3) is 0.571. The van der Waals surface area contributed by atoms with Gasteiger partial charge in [-0.05, 0) is 38.1 Å². The van der Waals surface area contributed by atoms with Gasteiger partial charge in [-0.3, -0.25) is 4.90 Å². The van der Waals surface area contributed by atoms with Crippen LogP contribution < -0.4 is 5.73 Å². The molecule has 1 aliphatic heterocycles. The molecule has 20 heavy (non-hydrogen) atoms. The fourth-order valence-electron chi connectivity index (χ4n) is 2.86. The molecule has 1 aromatic carbocycles. The molecule has 0 spiro atoms. The Kier molecular flexibility index (Phi) is 4.44. The van der Waals surface area contributed by atoms with Crippen LogP contribution in [0, 0.1) is 0 Å². The van der Waals surface area contributed by atoms with Crippen LogP contribution in [0.2, 0.25) is 5.02 Å². The number of benzene rings is 1. The first-order valence-corrected chi connectivity index (χ1v) is 8.88. The van der Waals surface area contributed by atoms with Crippen molar-refractivity contribution in [2.45, 2.75) is 24.9 Å². The summed E-state index contributed by atoms with van der Waals surface area (Å²) < 4.78 is 23.6. The number of halogens is 1. The van der Waals surface area contributed by atoms with E-state index in [4.69, 9.17) is 17.3 Å². The SMILES string of the molecule is CC(c1ccc(Cl)cc1)N(C)C1(CN)CCS(=O)(=O)C1. The van der Waals surface area contributed by atoms with Crippen LogP contribution >= 0.6 is 11.6 Å². The van der Waals surface area contributed by atoms with E-state index in [2.05, 4.69) is 11.8 Å². The van der Waals surface area contributed by atoms with Gasteiger partial charge in [0.05, 0.1) is 11.5 Å². The van der Waals surface area contributed by atoms with Crippen LogP contribution in [-0.2, 0) is 9.84 Å². The second-order valence-electron chi connectivity index (χ2n) is 5.61. The summed E-state index contributed by atoms with van der Waals surface area (Å²) in [6.07, 6.45) is 0.597. The van der Waals surface area contributed by atoms with E-state index in [9.17, 15) is 8.42 Å². The van der Waals surface area contributed by atoms with E-state index in [1.165, 1.54) is 0 Å². The highest BCUT2D eigenvalue weighted by atomic mass is 35.5. The second kappa shape index (κ2) is 5.64. The predicted octanol–water partition coefficient (Wildman–Crippen LogP) is 1.85. The maximum absolute atomic E-state index is 11.8. The molecule has 2 unspecified atom stereocenters. The van der Waals surface area contributed by atoms with Gasteiger partial charge in [-0.2, -0.15) is 0 Å². The number of hydrogen-bond donors (Lipinski definition) is 1. The molecule has 4 nitrogen and oxygen atoms in total. The van der Waals surface area contributed by atoms with Crippen LogP contribution in [0.15, 0.2) is 24.3 Å². The molecule has 0 amide bonds. The minimum atomic E-state index is -2.98. The average Bonchev–Trinajstić information content (AvgIpc) is 2.75. The third kappa shape index (κ3) is 3.01. The summed E-state index contributed by atoms with van der Waals surface area (Å²) in [5, 5.41) is 0.695. The Hall–Kier alpha value is -0.620. The van der Waals surface area contributed by atoms with E-state index >= 15 is 0 Å². The monoisotopic (exact) mass is 316 g/mol. The van der Waals surface area contributed by atoms with Gasteiger partial charge in [0.25, 0.3) is 0 Å². The van der Waals surface area contributed by atoms with Gasteiger partial charge in [0, 0.05) is 23.1 Å². The zero-order chi connectivity index (χ0) is 15.0. The number of sulfone groups is 1. The Labute approximate surface area is 125 Å². The van der Waals surface area contributed by atoms with E-state index in [0.29, 0.717) is 18.0 Å². The minimum Gasteiger partial charge on any atom is -0.329 e. The van der Waals surface area contributed by atoms with Crippen molar-refractivity contribution in [2.75, 3.05) is 25.1 Å². The van der Waals surface area contributed by atoms with Gasteiger partial charge in [0.1, 0.15) is 0 Å². The number of hydrogen-bond acceptors (Lipinski definition) is 4. The first-order valence-electron chi connectivity index (χ1n) is 6.68. The Balaban J connectivity index is 2.25. The molecule has 1 fully saturated rings. The molecule has 0 bridgehead atoms. The molecule has 6 heteroatoms. The van der Waals surface area contributed by atoms with Gasteiger partial charge in [-0.15, -0.1) is 0 Å². The Morgan fingerprint density at radius 2 is 2.00 bits per heavy atom. The van der Waals surface area contributed by atoms with Crippen LogP contribution in [0.25, 0.3) is 0 Å². The normalized spacial score (nSPS) is 26.9. The van der Waals surface area contributed by atoms with E-state index in [1.54, 1.807) is 0 Å². The molecule has 2 atom stereocenters. The first kappa shape index (κ1) is 15.8. The van der Waals surface area contributed by atoms with Gasteiger partial charge >= 0.3 is 0 Å². The summed E-state index contributed by atoms with van der Waals surface area (Å²) in [4.78, 5) is 2.10. The van der Waals surface area contributed by atoms with Crippen LogP contribution in [0.3, 0.4) is 0 Å². The smallest absolute Gasteiger partial charge is 0.152 e. The number of nitrogens with two attached hydrogens (primary N) is 1. The number of nitrogens with zero attached hydrogens (tertiary/aromatic N) is 1. The van der Waals surface area contributed by atoms with Crippen LogP contribution in [0.1, 0.15) is 24.9 Å². The molecule has 2 N–H and O–H groups in total. The van der Waals surface area contributed by atoms with Gasteiger partial charge in [-0.25, -0.2) is 8.42 Å². The van der Waals surface area contributed by atoms with Crippen molar-refractivity contribution in [1.82, 2.24) is 4.90 Å². The van der Waals surface area contributed by atoms with E-state index in [1.807, 2.05) is 31.3 Å². The summed E-state index contributed by atoms with van der Waals surface area (Å²) in [6.45, 7) is 2.41. The van der Waals surface area contributed by atoms with E-state index in [-0.39, 0.29) is 17.5 Å². The fourth-order valence-corrected chi connectivity index (χ4v) is 5.10. The van der Waals surface area contributed by atoms with E-state index < -0.39 is 15.4 Å². The zero-order valence-electron chi connectivity index (χ0n) is 11.8. The lowest BCUT2D eigenvalue weighted by atomic mass is 9.93. The molecule has 1 heterocycles. The first-order chi connectivity index (χ1) is 9.30. The highest BCUT2D eigenvalue weighted by Crippen LogP contribution is 2.34. The molecule has 0 aromatic heterocycles. The highest BCUT2D eigenvalue weighted by Gasteiger charge is 2.45. The lowest BCUT2D eigenvalue weighted by Gasteiger charge is -2.41. The van der Waals surface area contributed by atoms with Gasteiger partial charge in [-0.1, -0.05) is 23.7 Å². The highest BCUT2D eigenvalue weighted by molar-refractivity contribution is 7.91. The number of rotatable bonds is 4. The van der Waals surface area contributed by atoms with Crippen molar-refractivity contribution in [3.8, 4) is 0 Å². The molecular formula is C14H21ClN2O2S. The average molecular weight is 317 g/mol. The molecule has 1 saturated heterocycles. The van der Waals surface area contributed by atoms with Crippen molar-refractivity contribution in [2.24, 2.45) is 5.73 Å².